The molecule has 3 saturated carbocycles. The van der Waals surface area contributed by atoms with E-state index in [4.69, 9.17) is 5.11 Å². The second-order valence-corrected chi connectivity index (χ2v) is 7.89. The Balaban J connectivity index is 1.50. The number of hydrogen-bond acceptors (Lipinski definition) is 2. The minimum absolute atomic E-state index is 0.154. The zero-order chi connectivity index (χ0) is 16.9. The number of aliphatic hydroxyl groups excluding tert-OH is 1. The summed E-state index contributed by atoms with van der Waals surface area (Å²) in [6.07, 6.45) is 13.2. The van der Waals surface area contributed by atoms with Gasteiger partial charge in [-0.2, -0.15) is 0 Å². The molecular weight excluding hydrogens is 300 g/mol. The van der Waals surface area contributed by atoms with Gasteiger partial charge in [0.1, 0.15) is 0 Å². The van der Waals surface area contributed by atoms with Gasteiger partial charge in [0, 0.05) is 18.8 Å². The van der Waals surface area contributed by atoms with Crippen LogP contribution in [0, 0.1) is 35.5 Å². The van der Waals surface area contributed by atoms with Gasteiger partial charge in [-0.1, -0.05) is 30.4 Å². The van der Waals surface area contributed by atoms with Crippen LogP contribution in [0.5, 0.6) is 0 Å². The minimum atomic E-state index is -0.710. The van der Waals surface area contributed by atoms with Crippen LogP contribution in [0.4, 0.5) is 0 Å². The molecule has 0 heterocycles. The van der Waals surface area contributed by atoms with Crippen molar-refractivity contribution in [3.8, 4) is 11.8 Å². The molecule has 4 atom stereocenters. The normalized spacial score (nSPS) is 34.3. The Morgan fingerprint density at radius 2 is 2.00 bits per heavy atom. The smallest absolute Gasteiger partial charge is 0.303 e. The number of carboxylic acid groups (broad SMARTS) is 1. The molecule has 3 aliphatic rings. The fraction of sp³-hybridized carbons (Fsp3) is 0.762. The molecule has 3 fully saturated rings. The molecule has 3 heteroatoms. The fourth-order valence-corrected chi connectivity index (χ4v) is 4.79. The van der Waals surface area contributed by atoms with Crippen LogP contribution in [0.1, 0.15) is 70.6 Å². The molecule has 0 radical (unpaired) electrons. The third-order valence-corrected chi connectivity index (χ3v) is 6.25. The van der Waals surface area contributed by atoms with Gasteiger partial charge in [0.2, 0.25) is 0 Å². The fourth-order valence-electron chi connectivity index (χ4n) is 4.79. The molecule has 0 amide bonds. The second kappa shape index (κ2) is 8.21. The summed E-state index contributed by atoms with van der Waals surface area (Å²) >= 11 is 0. The number of unbranched alkanes of at least 4 members (excludes halogenated alkanes) is 1. The molecule has 24 heavy (non-hydrogen) atoms. The molecule has 0 aromatic rings. The Labute approximate surface area is 145 Å². The lowest BCUT2D eigenvalue weighted by atomic mass is 9.57. The van der Waals surface area contributed by atoms with E-state index in [2.05, 4.69) is 17.9 Å². The maximum absolute atomic E-state index is 10.6. The molecule has 0 spiro atoms. The summed E-state index contributed by atoms with van der Waals surface area (Å²) in [4.78, 5) is 10.6. The Kier molecular flexibility index (Phi) is 6.00. The van der Waals surface area contributed by atoms with E-state index in [9.17, 15) is 9.90 Å². The summed E-state index contributed by atoms with van der Waals surface area (Å²) in [6.45, 7) is 0. The number of carboxylic acids is 1. The van der Waals surface area contributed by atoms with Crippen molar-refractivity contribution in [3.05, 3.63) is 11.6 Å². The summed E-state index contributed by atoms with van der Waals surface area (Å²) < 4.78 is 0. The van der Waals surface area contributed by atoms with E-state index >= 15 is 0 Å². The second-order valence-electron chi connectivity index (χ2n) is 7.89. The van der Waals surface area contributed by atoms with Gasteiger partial charge in [0.05, 0.1) is 6.10 Å². The first-order valence-corrected chi connectivity index (χ1v) is 9.72. The number of aliphatic hydroxyl groups is 1. The van der Waals surface area contributed by atoms with Gasteiger partial charge in [0.25, 0.3) is 0 Å². The Bertz CT molecular complexity index is 533. The monoisotopic (exact) mass is 330 g/mol. The molecular formula is C21H30O3. The molecule has 3 aliphatic carbocycles. The maximum atomic E-state index is 10.6. The van der Waals surface area contributed by atoms with Crippen molar-refractivity contribution in [1.82, 2.24) is 0 Å². The van der Waals surface area contributed by atoms with Crippen LogP contribution >= 0.6 is 0 Å². The molecule has 3 nitrogen and oxygen atoms in total. The van der Waals surface area contributed by atoms with Crippen LogP contribution in [-0.4, -0.2) is 22.3 Å². The predicted octanol–water partition coefficient (Wildman–Crippen LogP) is 4.16. The number of carbonyl (C=O) groups is 1. The summed E-state index contributed by atoms with van der Waals surface area (Å²) in [7, 11) is 0. The first-order chi connectivity index (χ1) is 11.6. The highest BCUT2D eigenvalue weighted by Gasteiger charge is 2.46. The summed E-state index contributed by atoms with van der Waals surface area (Å²) in [5.41, 5.74) is 1.49. The van der Waals surface area contributed by atoms with E-state index in [1.54, 1.807) is 0 Å². The summed E-state index contributed by atoms with van der Waals surface area (Å²) in [5.74, 6) is 8.17. The van der Waals surface area contributed by atoms with E-state index in [0.29, 0.717) is 11.8 Å². The molecule has 0 aromatic heterocycles. The highest BCUT2D eigenvalue weighted by molar-refractivity contribution is 5.66. The molecule has 2 N–H and O–H groups in total. The molecule has 132 valence electrons. The molecule has 0 aromatic carbocycles. The van der Waals surface area contributed by atoms with E-state index < -0.39 is 5.97 Å². The van der Waals surface area contributed by atoms with Crippen LogP contribution in [0.3, 0.4) is 0 Å². The lowest BCUT2D eigenvalue weighted by Crippen LogP contribution is -2.44. The number of rotatable bonds is 5. The average molecular weight is 330 g/mol. The van der Waals surface area contributed by atoms with Gasteiger partial charge >= 0.3 is 5.97 Å². The highest BCUT2D eigenvalue weighted by Crippen LogP contribution is 2.51. The molecule has 0 unspecified atom stereocenters. The molecule has 3 rings (SSSR count). The standard InChI is InChI=1S/C21H30O3/c22-20-13-12-17-16(9-3-4-11-21(23)24)14-19(17)18(20)10-5-8-15-6-1-2-7-15/h9,15,17-20,22H,1-4,6-8,11-14H2,(H,23,24)/b16-9-/t17-,18-,19+,20-/m1/s1. The van der Waals surface area contributed by atoms with Crippen molar-refractivity contribution in [3.63, 3.8) is 0 Å². The van der Waals surface area contributed by atoms with Gasteiger partial charge in [-0.05, 0) is 62.7 Å². The van der Waals surface area contributed by atoms with Gasteiger partial charge in [0.15, 0.2) is 0 Å². The molecule has 0 saturated heterocycles. The Morgan fingerprint density at radius 1 is 1.21 bits per heavy atom. The lowest BCUT2D eigenvalue weighted by Gasteiger charge is -2.48. The van der Waals surface area contributed by atoms with E-state index in [1.165, 1.54) is 31.3 Å². The van der Waals surface area contributed by atoms with Crippen molar-refractivity contribution >= 4 is 5.97 Å². The zero-order valence-corrected chi connectivity index (χ0v) is 14.5. The van der Waals surface area contributed by atoms with Crippen molar-refractivity contribution in [1.29, 1.82) is 0 Å². The van der Waals surface area contributed by atoms with Gasteiger partial charge < -0.3 is 10.2 Å². The van der Waals surface area contributed by atoms with Crippen molar-refractivity contribution in [2.24, 2.45) is 23.7 Å². The van der Waals surface area contributed by atoms with Crippen molar-refractivity contribution in [2.75, 3.05) is 0 Å². The summed E-state index contributed by atoms with van der Waals surface area (Å²) in [6, 6.07) is 0. The van der Waals surface area contributed by atoms with Crippen LogP contribution in [0.2, 0.25) is 0 Å². The minimum Gasteiger partial charge on any atom is -0.481 e. The van der Waals surface area contributed by atoms with Crippen LogP contribution in [-0.2, 0) is 4.79 Å². The van der Waals surface area contributed by atoms with E-state index in [0.717, 1.165) is 44.4 Å². The molecule has 0 aliphatic heterocycles. The Morgan fingerprint density at radius 3 is 2.75 bits per heavy atom. The predicted molar refractivity (Wildman–Crippen MR) is 94.2 cm³/mol. The van der Waals surface area contributed by atoms with Crippen LogP contribution in [0.25, 0.3) is 0 Å². The third kappa shape index (κ3) is 4.22. The zero-order valence-electron chi connectivity index (χ0n) is 14.5. The highest BCUT2D eigenvalue weighted by atomic mass is 16.4. The molecule has 0 bridgehead atoms. The largest absolute Gasteiger partial charge is 0.481 e. The van der Waals surface area contributed by atoms with Crippen LogP contribution < -0.4 is 0 Å². The number of hydrogen-bond donors (Lipinski definition) is 2. The maximum Gasteiger partial charge on any atom is 0.303 e. The van der Waals surface area contributed by atoms with E-state index in [-0.39, 0.29) is 18.4 Å². The van der Waals surface area contributed by atoms with Gasteiger partial charge in [-0.25, -0.2) is 0 Å². The van der Waals surface area contributed by atoms with Crippen LogP contribution in [0.15, 0.2) is 11.6 Å². The van der Waals surface area contributed by atoms with Crippen molar-refractivity contribution < 1.29 is 15.0 Å². The average Bonchev–Trinajstić information content (AvgIpc) is 3.03. The number of allylic oxidation sites excluding steroid dienone is 2. The van der Waals surface area contributed by atoms with Gasteiger partial charge in [-0.3, -0.25) is 4.79 Å². The first-order valence-electron chi connectivity index (χ1n) is 9.72. The number of fused-ring (bicyclic) bond motifs is 1. The van der Waals surface area contributed by atoms with Crippen molar-refractivity contribution in [2.45, 2.75) is 76.7 Å². The topological polar surface area (TPSA) is 57.5 Å². The SMILES string of the molecule is O=C(O)CCC/C=C1/C[C@@H]2[C@@H](C#CCC3CCCC3)[C@H](O)CC[C@H]12. The van der Waals surface area contributed by atoms with E-state index in [1.807, 2.05) is 0 Å². The quantitative estimate of drug-likeness (QED) is 0.452. The van der Waals surface area contributed by atoms with Gasteiger partial charge in [-0.15, -0.1) is 5.92 Å². The first kappa shape index (κ1) is 17.5. The third-order valence-electron chi connectivity index (χ3n) is 6.25. The number of aliphatic carboxylic acids is 1. The summed E-state index contributed by atoms with van der Waals surface area (Å²) in [5, 5.41) is 19.1. The lowest BCUT2D eigenvalue weighted by molar-refractivity contribution is -0.137. The Hall–Kier alpha value is -1.27.